The first-order valence-corrected chi connectivity index (χ1v) is 12.2. The number of rotatable bonds is 6. The van der Waals surface area contributed by atoms with E-state index in [9.17, 15) is 14.4 Å². The molecule has 0 aliphatic carbocycles. The average molecular weight is 489 g/mol. The van der Waals surface area contributed by atoms with Gasteiger partial charge in [-0.05, 0) is 29.7 Å². The second-order valence-electron chi connectivity index (χ2n) is 9.60. The van der Waals surface area contributed by atoms with Crippen LogP contribution in [0.4, 0.5) is 0 Å². The first kappa shape index (κ1) is 25.7. The van der Waals surface area contributed by atoms with Gasteiger partial charge in [0.25, 0.3) is 5.91 Å². The highest BCUT2D eigenvalue weighted by Crippen LogP contribution is 2.35. The maximum atomic E-state index is 13.1. The summed E-state index contributed by atoms with van der Waals surface area (Å²) in [6, 6.07) is 7.52. The molecule has 8 radical (unpaired) electrons. The van der Waals surface area contributed by atoms with Gasteiger partial charge in [-0.25, -0.2) is 0 Å². The van der Waals surface area contributed by atoms with Gasteiger partial charge in [-0.15, -0.1) is 0 Å². The van der Waals surface area contributed by atoms with E-state index in [0.717, 1.165) is 18.7 Å². The molecule has 180 valence electrons. The van der Waals surface area contributed by atoms with Crippen molar-refractivity contribution in [2.75, 3.05) is 26.3 Å². The van der Waals surface area contributed by atoms with E-state index in [-0.39, 0.29) is 31.2 Å². The lowest BCUT2D eigenvalue weighted by Crippen LogP contribution is -2.52. The second-order valence-corrected chi connectivity index (χ2v) is 9.60. The molecule has 2 fully saturated rings. The number of nitrogens with one attached hydrogen (secondary N) is 1. The topological polar surface area (TPSA) is 88.2 Å². The molecule has 3 aliphatic rings. The fourth-order valence-corrected chi connectivity index (χ4v) is 5.00. The van der Waals surface area contributed by atoms with E-state index < -0.39 is 17.3 Å². The van der Waals surface area contributed by atoms with Crippen molar-refractivity contribution in [2.45, 2.75) is 37.4 Å². The first-order chi connectivity index (χ1) is 17.6. The number of nitrogens with zero attached hydrogens (tertiary/aromatic N) is 2. The van der Waals surface area contributed by atoms with Crippen molar-refractivity contribution in [3.8, 4) is 5.75 Å². The van der Waals surface area contributed by atoms with E-state index >= 15 is 0 Å². The van der Waals surface area contributed by atoms with Crippen LogP contribution in [0, 0.1) is 0 Å². The van der Waals surface area contributed by atoms with Crippen molar-refractivity contribution in [2.24, 2.45) is 0 Å². The Morgan fingerprint density at radius 1 is 1.08 bits per heavy atom. The molecule has 2 saturated heterocycles. The van der Waals surface area contributed by atoms with E-state index in [1.165, 1.54) is 4.90 Å². The molecule has 1 unspecified atom stereocenters. The van der Waals surface area contributed by atoms with Crippen LogP contribution in [-0.4, -0.2) is 91.3 Å². The van der Waals surface area contributed by atoms with Crippen LogP contribution in [0.2, 0.25) is 0 Å². The number of carbonyl (C=O) groups excluding carboxylic acids is 3. The van der Waals surface area contributed by atoms with Gasteiger partial charge >= 0.3 is 0 Å². The number of hydrogen-bond acceptors (Lipinski definition) is 6. The highest BCUT2D eigenvalue weighted by atomic mass is 16.5. The van der Waals surface area contributed by atoms with Gasteiger partial charge in [0.15, 0.2) is 0 Å². The normalized spacial score (nSPS) is 20.6. The van der Waals surface area contributed by atoms with Gasteiger partial charge in [0.05, 0.1) is 19.8 Å². The molecule has 1 atom stereocenters. The Hall–Kier alpha value is -2.97. The maximum Gasteiger partial charge on any atom is 0.255 e. The van der Waals surface area contributed by atoms with Gasteiger partial charge in [0.2, 0.25) is 11.8 Å². The maximum absolute atomic E-state index is 13.1. The van der Waals surface area contributed by atoms with Gasteiger partial charge in [-0.1, -0.05) is 29.1 Å². The van der Waals surface area contributed by atoms with Crippen LogP contribution in [0.25, 0.3) is 0 Å². The summed E-state index contributed by atoms with van der Waals surface area (Å²) in [5.74, 6) is -0.856. The van der Waals surface area contributed by atoms with Crippen molar-refractivity contribution in [3.05, 3.63) is 52.6 Å². The number of carbonyl (C=O) groups is 3. The van der Waals surface area contributed by atoms with E-state index in [1.54, 1.807) is 30.3 Å². The van der Waals surface area contributed by atoms with Crippen molar-refractivity contribution in [1.82, 2.24) is 15.1 Å². The van der Waals surface area contributed by atoms with Crippen LogP contribution in [0.1, 0.15) is 39.9 Å². The molecule has 8 nitrogen and oxygen atoms in total. The number of morpholine rings is 1. The Morgan fingerprint density at radius 3 is 2.46 bits per heavy atom. The third-order valence-corrected chi connectivity index (χ3v) is 7.07. The molecule has 2 aromatic rings. The zero-order valence-corrected chi connectivity index (χ0v) is 20.4. The van der Waals surface area contributed by atoms with Crippen LogP contribution in [0.3, 0.4) is 0 Å². The molecule has 3 heterocycles. The summed E-state index contributed by atoms with van der Waals surface area (Å²) in [6.07, 6.45) is 0.423. The molecule has 3 aliphatic heterocycles. The Morgan fingerprint density at radius 2 is 1.78 bits per heavy atom. The summed E-state index contributed by atoms with van der Waals surface area (Å²) in [5, 5.41) is 0.487. The molecule has 1 N–H and O–H groups in total. The quantitative estimate of drug-likeness (QED) is 0.389. The van der Waals surface area contributed by atoms with E-state index in [1.807, 2.05) is 0 Å². The zero-order valence-electron chi connectivity index (χ0n) is 20.4. The van der Waals surface area contributed by atoms with Crippen LogP contribution in [0.5, 0.6) is 5.75 Å². The number of ether oxygens (including phenoxy) is 2. The molecule has 12 heteroatoms. The number of imide groups is 1. The molecule has 2 aromatic carbocycles. The summed E-state index contributed by atoms with van der Waals surface area (Å²) in [5.41, 5.74) is 3.00. The molecule has 0 aromatic heterocycles. The van der Waals surface area contributed by atoms with E-state index in [4.69, 9.17) is 40.9 Å². The Kier molecular flexibility index (Phi) is 6.98. The number of benzene rings is 2. The fraction of sp³-hybridized carbons (Fsp3) is 0.400. The lowest BCUT2D eigenvalue weighted by Gasteiger charge is -2.32. The largest absolute Gasteiger partial charge is 0.502 e. The van der Waals surface area contributed by atoms with E-state index in [0.29, 0.717) is 53.1 Å². The lowest BCUT2D eigenvalue weighted by molar-refractivity contribution is -0.136. The Balaban J connectivity index is 1.37. The summed E-state index contributed by atoms with van der Waals surface area (Å²) < 4.78 is 11.4. The van der Waals surface area contributed by atoms with Crippen LogP contribution in [0.15, 0.2) is 30.3 Å². The predicted molar refractivity (Wildman–Crippen MR) is 140 cm³/mol. The Bertz CT molecular complexity index is 1240. The number of piperidine rings is 1. The zero-order chi connectivity index (χ0) is 26.3. The highest BCUT2D eigenvalue weighted by molar-refractivity contribution is 6.42. The molecule has 0 spiro atoms. The highest BCUT2D eigenvalue weighted by Gasteiger charge is 2.40. The average Bonchev–Trinajstić information content (AvgIpc) is 3.19. The Labute approximate surface area is 221 Å². The molecule has 5 rings (SSSR count). The molecular weight excluding hydrogens is 466 g/mol. The lowest BCUT2D eigenvalue weighted by atomic mass is 9.59. The molecule has 3 amide bonds. The van der Waals surface area contributed by atoms with Crippen LogP contribution in [-0.2, 0) is 32.8 Å². The minimum atomic E-state index is -1.81. The summed E-state index contributed by atoms with van der Waals surface area (Å²) in [7, 11) is 25.5. The third kappa shape index (κ3) is 5.09. The summed E-state index contributed by atoms with van der Waals surface area (Å²) >= 11 is 0. The second kappa shape index (κ2) is 10.1. The number of amides is 3. The predicted octanol–water partition coefficient (Wildman–Crippen LogP) is -1.61. The van der Waals surface area contributed by atoms with Crippen molar-refractivity contribution >= 4 is 60.0 Å². The van der Waals surface area contributed by atoms with E-state index in [2.05, 4.69) is 10.2 Å². The van der Waals surface area contributed by atoms with Gasteiger partial charge in [0.1, 0.15) is 43.2 Å². The molecule has 37 heavy (non-hydrogen) atoms. The van der Waals surface area contributed by atoms with Crippen molar-refractivity contribution in [1.29, 1.82) is 0 Å². The molecule has 0 bridgehead atoms. The fourth-order valence-electron chi connectivity index (χ4n) is 5.00. The van der Waals surface area contributed by atoms with Crippen molar-refractivity contribution < 1.29 is 23.9 Å². The molecule has 0 saturated carbocycles. The van der Waals surface area contributed by atoms with Crippen LogP contribution >= 0.6 is 0 Å². The minimum absolute atomic E-state index is 0.120. The summed E-state index contributed by atoms with van der Waals surface area (Å²) in [4.78, 5) is 40.7. The standard InChI is InChI=1S/C25H23B4N3O5/c26-18-10-14(11-19(27)17(18)12-31-6-8-36-9-7-31)25(28,29)37-21-3-1-2-15-16(21)13-32(24(15)35)20-4-5-22(33)30-23(20)34/h1-3,10-11,20H,4-9,12-13H2,(H,30,33,34). The van der Waals surface area contributed by atoms with Crippen molar-refractivity contribution in [3.63, 3.8) is 0 Å². The molecular formula is C25H23B4N3O5. The number of fused-ring (bicyclic) bond motifs is 1. The number of hydrogen-bond donors (Lipinski definition) is 1. The monoisotopic (exact) mass is 489 g/mol. The first-order valence-electron chi connectivity index (χ1n) is 12.2. The smallest absolute Gasteiger partial charge is 0.255 e. The van der Waals surface area contributed by atoms with Gasteiger partial charge in [0, 0.05) is 42.6 Å². The SMILES string of the molecule is [B]c1cc(C([B])([B])Oc2cccc3c2CN(C2CCC(=O)NC2=O)C3=O)cc([B])c1CN1CCOCC1. The third-order valence-electron chi connectivity index (χ3n) is 7.07. The van der Waals surface area contributed by atoms with Crippen LogP contribution < -0.4 is 21.0 Å². The van der Waals surface area contributed by atoms with Gasteiger partial charge in [-0.3, -0.25) is 24.6 Å². The van der Waals surface area contributed by atoms with Gasteiger partial charge < -0.3 is 14.4 Å². The van der Waals surface area contributed by atoms with Gasteiger partial charge in [-0.2, -0.15) is 0 Å². The minimum Gasteiger partial charge on any atom is -0.502 e. The summed E-state index contributed by atoms with van der Waals surface area (Å²) in [6.45, 7) is 3.59.